The van der Waals surface area contributed by atoms with Gasteiger partial charge in [0.1, 0.15) is 23.4 Å². The zero-order chi connectivity index (χ0) is 26.8. The van der Waals surface area contributed by atoms with Crippen LogP contribution in [0.1, 0.15) is 0 Å². The van der Waals surface area contributed by atoms with Gasteiger partial charge < -0.3 is 0 Å². The summed E-state index contributed by atoms with van der Waals surface area (Å²) in [7, 11) is 0. The lowest BCUT2D eigenvalue weighted by Crippen LogP contribution is -2.03. The number of fused-ring (bicyclic) bond motifs is 2. The molecule has 6 rings (SSSR count). The Labute approximate surface area is 219 Å². The normalized spacial score (nSPS) is 10.8. The molecule has 0 N–H and O–H groups in total. The van der Waals surface area contributed by atoms with E-state index in [1.165, 1.54) is 21.6 Å². The van der Waals surface area contributed by atoms with E-state index in [1.54, 1.807) is 36.7 Å². The van der Waals surface area contributed by atoms with Gasteiger partial charge in [-0.1, -0.05) is 28.4 Å². The molecule has 38 heavy (non-hydrogen) atoms. The fraction of sp³-hybridized carbons (Fsp3) is 0. The van der Waals surface area contributed by atoms with Gasteiger partial charge in [-0.25, -0.2) is 19.9 Å². The van der Waals surface area contributed by atoms with Crippen molar-refractivity contribution < 1.29 is 9.85 Å². The number of hydrogen-bond acceptors (Lipinski definition) is 12. The van der Waals surface area contributed by atoms with E-state index in [0.717, 1.165) is 12.4 Å². The topological polar surface area (TPSA) is 199 Å². The van der Waals surface area contributed by atoms with Crippen LogP contribution in [0.15, 0.2) is 61.2 Å². The Morgan fingerprint density at radius 2 is 1.37 bits per heavy atom. The molecule has 0 unspecified atom stereocenters. The molecule has 0 spiro atoms. The standard InChI is InChI=1S/2C10H5ClN6O2/c11-7-4-6(17(18)19)5-13-10(7)16-14-8-2-1-3-12-9(8)15-16;11-7-4-6(17(18)19)5-13-9(7)16-10-8(14-15-16)2-1-3-12-10/h2*1-5H. The molecule has 0 saturated carbocycles. The molecule has 16 nitrogen and oxygen atoms in total. The van der Waals surface area contributed by atoms with Gasteiger partial charge in [-0.2, -0.15) is 4.68 Å². The summed E-state index contributed by atoms with van der Waals surface area (Å²) in [6, 6.07) is 9.35. The highest BCUT2D eigenvalue weighted by Crippen LogP contribution is 2.24. The molecule has 18 heteroatoms. The molecule has 0 bridgehead atoms. The third kappa shape index (κ3) is 4.75. The van der Waals surface area contributed by atoms with Crippen molar-refractivity contribution in [1.29, 1.82) is 0 Å². The maximum absolute atomic E-state index is 10.6. The first-order valence-electron chi connectivity index (χ1n) is 10.3. The van der Waals surface area contributed by atoms with Crippen LogP contribution in [-0.2, 0) is 0 Å². The molecule has 0 aliphatic rings. The predicted octanol–water partition coefficient (Wildman–Crippen LogP) is 3.54. The molecule has 0 aliphatic carbocycles. The molecule has 6 aromatic heterocycles. The molecule has 0 saturated heterocycles. The summed E-state index contributed by atoms with van der Waals surface area (Å²) in [5.41, 5.74) is 1.71. The summed E-state index contributed by atoms with van der Waals surface area (Å²) in [5.74, 6) is 0.457. The minimum Gasteiger partial charge on any atom is -0.258 e. The Bertz CT molecular complexity index is 1800. The summed E-state index contributed by atoms with van der Waals surface area (Å²) >= 11 is 11.9. The van der Waals surface area contributed by atoms with Crippen LogP contribution < -0.4 is 0 Å². The van der Waals surface area contributed by atoms with Gasteiger partial charge in [-0.05, 0) is 24.3 Å². The summed E-state index contributed by atoms with van der Waals surface area (Å²) < 4.78 is 1.33. The average Bonchev–Trinajstić information content (AvgIpc) is 3.53. The monoisotopic (exact) mass is 552 g/mol. The van der Waals surface area contributed by atoms with Crippen molar-refractivity contribution in [3.63, 3.8) is 0 Å². The number of rotatable bonds is 4. The van der Waals surface area contributed by atoms with Crippen LogP contribution in [-0.4, -0.2) is 59.8 Å². The largest absolute Gasteiger partial charge is 0.289 e. The Kier molecular flexibility index (Phi) is 6.46. The van der Waals surface area contributed by atoms with Gasteiger partial charge in [0, 0.05) is 24.5 Å². The maximum Gasteiger partial charge on any atom is 0.289 e. The molecule has 0 fully saturated rings. The van der Waals surface area contributed by atoms with E-state index < -0.39 is 9.85 Å². The quantitative estimate of drug-likeness (QED) is 0.227. The number of pyridine rings is 4. The minimum atomic E-state index is -0.572. The number of nitro groups is 2. The molecule has 0 amide bonds. The van der Waals surface area contributed by atoms with Crippen molar-refractivity contribution in [3.05, 3.63) is 91.5 Å². The molecule has 0 radical (unpaired) electrons. The molecule has 0 aliphatic heterocycles. The summed E-state index contributed by atoms with van der Waals surface area (Å²) in [4.78, 5) is 37.3. The molecular weight excluding hydrogens is 543 g/mol. The second kappa shape index (κ2) is 10.0. The zero-order valence-electron chi connectivity index (χ0n) is 18.5. The fourth-order valence-corrected chi connectivity index (χ4v) is 3.58. The first-order valence-corrected chi connectivity index (χ1v) is 11.0. The number of halogens is 2. The lowest BCUT2D eigenvalue weighted by Gasteiger charge is -2.02. The lowest BCUT2D eigenvalue weighted by atomic mass is 10.4. The van der Waals surface area contributed by atoms with Crippen LogP contribution in [0.2, 0.25) is 10.0 Å². The van der Waals surface area contributed by atoms with E-state index in [0.29, 0.717) is 22.3 Å². The second-order valence-corrected chi connectivity index (χ2v) is 8.01. The van der Waals surface area contributed by atoms with Gasteiger partial charge >= 0.3 is 0 Å². The van der Waals surface area contributed by atoms with Gasteiger partial charge in [-0.15, -0.1) is 20.1 Å². The van der Waals surface area contributed by atoms with Crippen molar-refractivity contribution in [2.24, 2.45) is 0 Å². The van der Waals surface area contributed by atoms with Crippen LogP contribution in [0.5, 0.6) is 0 Å². The van der Waals surface area contributed by atoms with E-state index in [-0.39, 0.29) is 33.1 Å². The Hall–Kier alpha value is -5.22. The zero-order valence-corrected chi connectivity index (χ0v) is 20.0. The van der Waals surface area contributed by atoms with Crippen LogP contribution >= 0.6 is 23.2 Å². The van der Waals surface area contributed by atoms with Crippen molar-refractivity contribution in [2.75, 3.05) is 0 Å². The Morgan fingerprint density at radius 3 is 1.97 bits per heavy atom. The molecule has 188 valence electrons. The van der Waals surface area contributed by atoms with Crippen molar-refractivity contribution in [1.82, 2.24) is 49.9 Å². The van der Waals surface area contributed by atoms with Crippen molar-refractivity contribution in [3.8, 4) is 11.6 Å². The first-order chi connectivity index (χ1) is 18.3. The highest BCUT2D eigenvalue weighted by atomic mass is 35.5. The predicted molar refractivity (Wildman–Crippen MR) is 132 cm³/mol. The van der Waals surface area contributed by atoms with Crippen LogP contribution in [0.3, 0.4) is 0 Å². The fourth-order valence-electron chi connectivity index (χ4n) is 3.10. The van der Waals surface area contributed by atoms with Crippen LogP contribution in [0.25, 0.3) is 34.0 Å². The third-order valence-corrected chi connectivity index (χ3v) is 5.35. The van der Waals surface area contributed by atoms with E-state index in [1.807, 2.05) is 0 Å². The van der Waals surface area contributed by atoms with E-state index in [2.05, 4.69) is 40.4 Å². The van der Waals surface area contributed by atoms with E-state index >= 15 is 0 Å². The SMILES string of the molecule is O=[N+]([O-])c1cnc(-n2nc3cccnc3n2)c(Cl)c1.O=[N+]([O-])c1cnc(-n2nnc3cccnc32)c(Cl)c1. The summed E-state index contributed by atoms with van der Waals surface area (Å²) in [6.07, 6.45) is 5.38. The van der Waals surface area contributed by atoms with Gasteiger partial charge in [0.2, 0.25) is 5.65 Å². The Morgan fingerprint density at radius 1 is 0.763 bits per heavy atom. The van der Waals surface area contributed by atoms with Gasteiger partial charge in [0.05, 0.1) is 19.9 Å². The number of aromatic nitrogens is 10. The lowest BCUT2D eigenvalue weighted by molar-refractivity contribution is -0.385. The number of nitrogens with zero attached hydrogens (tertiary/aromatic N) is 12. The highest BCUT2D eigenvalue weighted by Gasteiger charge is 2.16. The maximum atomic E-state index is 10.6. The van der Waals surface area contributed by atoms with E-state index in [4.69, 9.17) is 23.2 Å². The van der Waals surface area contributed by atoms with E-state index in [9.17, 15) is 20.2 Å². The van der Waals surface area contributed by atoms with Crippen LogP contribution in [0.4, 0.5) is 11.4 Å². The van der Waals surface area contributed by atoms with Crippen molar-refractivity contribution in [2.45, 2.75) is 0 Å². The van der Waals surface area contributed by atoms with Gasteiger partial charge in [0.25, 0.3) is 11.4 Å². The highest BCUT2D eigenvalue weighted by molar-refractivity contribution is 6.32. The van der Waals surface area contributed by atoms with Gasteiger partial charge in [-0.3, -0.25) is 20.2 Å². The number of hydrogen-bond donors (Lipinski definition) is 0. The third-order valence-electron chi connectivity index (χ3n) is 4.79. The second-order valence-electron chi connectivity index (χ2n) is 7.20. The smallest absolute Gasteiger partial charge is 0.258 e. The summed E-state index contributed by atoms with van der Waals surface area (Å²) in [5, 5.41) is 37.5. The Balaban J connectivity index is 0.000000155. The molecule has 6 heterocycles. The minimum absolute atomic E-state index is 0.0921. The molecular formula is C20H10Cl2N12O4. The summed E-state index contributed by atoms with van der Waals surface area (Å²) in [6.45, 7) is 0. The molecule has 0 atom stereocenters. The van der Waals surface area contributed by atoms with Crippen molar-refractivity contribution >= 4 is 56.9 Å². The molecule has 6 aromatic rings. The van der Waals surface area contributed by atoms with Crippen LogP contribution in [0, 0.1) is 20.2 Å². The molecule has 0 aromatic carbocycles. The van der Waals surface area contributed by atoms with Gasteiger partial charge in [0.15, 0.2) is 17.3 Å². The first kappa shape index (κ1) is 24.5. The average molecular weight is 553 g/mol.